The highest BCUT2D eigenvalue weighted by Gasteiger charge is 2.55. The number of amides is 2. The number of imidazole rings is 1. The molecule has 2 N–H and O–H groups in total. The molecule has 1 aromatic carbocycles. The number of hydrogen-bond donors (Lipinski definition) is 2. The van der Waals surface area contributed by atoms with Crippen molar-refractivity contribution >= 4 is 23.5 Å². The number of benzene rings is 1. The van der Waals surface area contributed by atoms with Crippen LogP contribution in [-0.4, -0.2) is 40.0 Å². The third kappa shape index (κ3) is 4.65. The quantitative estimate of drug-likeness (QED) is 0.534. The van der Waals surface area contributed by atoms with Crippen LogP contribution in [0.1, 0.15) is 69.7 Å². The predicted molar refractivity (Wildman–Crippen MR) is 136 cm³/mol. The van der Waals surface area contributed by atoms with Crippen molar-refractivity contribution in [2.24, 2.45) is 29.1 Å². The Morgan fingerprint density at radius 1 is 1.11 bits per heavy atom. The Kier molecular flexibility index (Phi) is 6.62. The highest BCUT2D eigenvalue weighted by atomic mass is 16.5. The molecule has 0 radical (unpaired) electrons. The Bertz CT molecular complexity index is 1110. The van der Waals surface area contributed by atoms with Crippen LogP contribution in [-0.2, 0) is 14.3 Å². The third-order valence-electron chi connectivity index (χ3n) is 8.30. The van der Waals surface area contributed by atoms with E-state index in [4.69, 9.17) is 4.74 Å². The molecule has 0 aliphatic heterocycles. The molecule has 36 heavy (non-hydrogen) atoms. The van der Waals surface area contributed by atoms with Gasteiger partial charge in [0, 0.05) is 17.8 Å². The fourth-order valence-corrected chi connectivity index (χ4v) is 7.03. The van der Waals surface area contributed by atoms with E-state index in [0.29, 0.717) is 34.7 Å². The lowest BCUT2D eigenvalue weighted by atomic mass is 9.49. The Morgan fingerprint density at radius 2 is 1.78 bits per heavy atom. The van der Waals surface area contributed by atoms with Crippen molar-refractivity contribution in [1.29, 1.82) is 0 Å². The molecule has 1 atom stereocenters. The molecule has 1 aromatic heterocycles. The van der Waals surface area contributed by atoms with Crippen LogP contribution < -0.4 is 10.6 Å². The first-order chi connectivity index (χ1) is 17.3. The second-order valence-electron chi connectivity index (χ2n) is 11.3. The number of esters is 1. The van der Waals surface area contributed by atoms with Crippen molar-refractivity contribution in [3.05, 3.63) is 42.5 Å². The van der Waals surface area contributed by atoms with Crippen molar-refractivity contribution in [2.45, 2.75) is 65.3 Å². The summed E-state index contributed by atoms with van der Waals surface area (Å²) in [5.74, 6) is 1.12. The first kappa shape index (κ1) is 24.5. The van der Waals surface area contributed by atoms with Crippen LogP contribution in [0.4, 0.5) is 5.69 Å². The van der Waals surface area contributed by atoms with Crippen LogP contribution in [0.15, 0.2) is 36.9 Å². The van der Waals surface area contributed by atoms with Gasteiger partial charge in [-0.25, -0.2) is 9.78 Å². The second-order valence-corrected chi connectivity index (χ2v) is 11.3. The fraction of sp³-hybridized carbons (Fsp3) is 0.571. The number of rotatable bonds is 8. The molecular formula is C28H36N4O4. The zero-order valence-corrected chi connectivity index (χ0v) is 21.3. The first-order valence-electron chi connectivity index (χ1n) is 13.2. The summed E-state index contributed by atoms with van der Waals surface area (Å²) in [7, 11) is 0. The summed E-state index contributed by atoms with van der Waals surface area (Å²) in [6.07, 6.45) is 11.7. The zero-order chi connectivity index (χ0) is 25.4. The summed E-state index contributed by atoms with van der Waals surface area (Å²) < 4.78 is 6.91. The number of carbonyl (C=O) groups excluding carboxylic acids is 3. The van der Waals surface area contributed by atoms with Gasteiger partial charge < -0.3 is 19.9 Å². The maximum Gasteiger partial charge on any atom is 0.338 e. The van der Waals surface area contributed by atoms with Gasteiger partial charge in [-0.15, -0.1) is 0 Å². The monoisotopic (exact) mass is 492 g/mol. The van der Waals surface area contributed by atoms with E-state index in [1.165, 1.54) is 19.3 Å². The van der Waals surface area contributed by atoms with Crippen molar-refractivity contribution in [3.8, 4) is 5.69 Å². The molecule has 1 heterocycles. The van der Waals surface area contributed by atoms with Crippen molar-refractivity contribution < 1.29 is 19.1 Å². The summed E-state index contributed by atoms with van der Waals surface area (Å²) in [6.45, 7) is 5.89. The van der Waals surface area contributed by atoms with Crippen LogP contribution in [0, 0.1) is 29.1 Å². The van der Waals surface area contributed by atoms with Crippen molar-refractivity contribution in [2.75, 3.05) is 11.9 Å². The number of carbonyl (C=O) groups is 3. The molecule has 4 aliphatic rings. The average molecular weight is 493 g/mol. The van der Waals surface area contributed by atoms with Gasteiger partial charge >= 0.3 is 5.97 Å². The largest absolute Gasteiger partial charge is 0.462 e. The number of nitrogens with zero attached hydrogens (tertiary/aromatic N) is 2. The van der Waals surface area contributed by atoms with Gasteiger partial charge in [0.1, 0.15) is 6.04 Å². The predicted octanol–water partition coefficient (Wildman–Crippen LogP) is 4.34. The normalized spacial score (nSPS) is 27.1. The molecule has 4 saturated carbocycles. The number of nitrogens with one attached hydrogen (secondary N) is 2. The topological polar surface area (TPSA) is 102 Å². The summed E-state index contributed by atoms with van der Waals surface area (Å²) >= 11 is 0. The lowest BCUT2D eigenvalue weighted by molar-refractivity contribution is -0.148. The minimum atomic E-state index is -0.688. The highest BCUT2D eigenvalue weighted by molar-refractivity contribution is 6.01. The molecule has 6 rings (SSSR count). The number of hydrogen-bond acceptors (Lipinski definition) is 5. The summed E-state index contributed by atoms with van der Waals surface area (Å²) in [5, 5.41) is 6.13. The van der Waals surface area contributed by atoms with E-state index < -0.39 is 12.0 Å². The van der Waals surface area contributed by atoms with E-state index in [2.05, 4.69) is 15.6 Å². The molecule has 4 bridgehead atoms. The number of anilines is 1. The molecule has 2 aromatic rings. The Balaban J connectivity index is 1.37. The van der Waals surface area contributed by atoms with E-state index in [1.807, 2.05) is 13.8 Å². The molecule has 192 valence electrons. The van der Waals surface area contributed by atoms with Gasteiger partial charge in [0.25, 0.3) is 0 Å². The highest BCUT2D eigenvalue weighted by Crippen LogP contribution is 2.60. The van der Waals surface area contributed by atoms with Crippen LogP contribution in [0.2, 0.25) is 0 Å². The zero-order valence-electron chi connectivity index (χ0n) is 21.3. The van der Waals surface area contributed by atoms with Gasteiger partial charge in [-0.2, -0.15) is 0 Å². The lowest BCUT2D eigenvalue weighted by Crippen LogP contribution is -2.57. The van der Waals surface area contributed by atoms with Gasteiger partial charge in [0.15, 0.2) is 0 Å². The fourth-order valence-electron chi connectivity index (χ4n) is 7.03. The molecule has 2 amide bonds. The molecule has 0 saturated heterocycles. The summed E-state index contributed by atoms with van der Waals surface area (Å²) in [5.41, 5.74) is 1.14. The lowest BCUT2D eigenvalue weighted by Gasteiger charge is -2.55. The van der Waals surface area contributed by atoms with E-state index in [-0.39, 0.29) is 29.8 Å². The SMILES string of the molecule is CCOC(=O)c1ccc(-n2ccnc2)c(NC(=O)[C@H](NC(=O)C23CC4CC(CC(C4)C2)C3)C(C)C)c1. The summed E-state index contributed by atoms with van der Waals surface area (Å²) in [6, 6.07) is 4.34. The van der Waals surface area contributed by atoms with Gasteiger partial charge in [0.05, 0.1) is 29.9 Å². The Labute approximate surface area is 212 Å². The molecule has 8 heteroatoms. The Hall–Kier alpha value is -3.16. The van der Waals surface area contributed by atoms with Gasteiger partial charge in [-0.3, -0.25) is 9.59 Å². The van der Waals surface area contributed by atoms with Crippen LogP contribution in [0.25, 0.3) is 5.69 Å². The minimum absolute atomic E-state index is 0.0329. The van der Waals surface area contributed by atoms with Crippen LogP contribution >= 0.6 is 0 Å². The summed E-state index contributed by atoms with van der Waals surface area (Å²) in [4.78, 5) is 43.7. The van der Waals surface area contributed by atoms with E-state index in [1.54, 1.807) is 48.4 Å². The minimum Gasteiger partial charge on any atom is -0.462 e. The standard InChI is InChI=1S/C28H36N4O4/c1-4-36-26(34)21-5-6-23(32-8-7-29-16-32)22(12-21)30-25(33)24(17(2)3)31-27(35)28-13-18-9-19(14-28)11-20(10-18)15-28/h5-8,12,16-20,24H,4,9-11,13-15H2,1-3H3,(H,30,33)(H,31,35)/t18?,19?,20?,24-,28?/m1/s1. The molecule has 4 fully saturated rings. The third-order valence-corrected chi connectivity index (χ3v) is 8.30. The van der Waals surface area contributed by atoms with Crippen molar-refractivity contribution in [3.63, 3.8) is 0 Å². The van der Waals surface area contributed by atoms with Crippen LogP contribution in [0.5, 0.6) is 0 Å². The molecule has 0 unspecified atom stereocenters. The molecule has 0 spiro atoms. The van der Waals surface area contributed by atoms with Crippen molar-refractivity contribution in [1.82, 2.24) is 14.9 Å². The smallest absolute Gasteiger partial charge is 0.338 e. The first-order valence-corrected chi connectivity index (χ1v) is 13.2. The van der Waals surface area contributed by atoms with E-state index in [0.717, 1.165) is 19.3 Å². The average Bonchev–Trinajstić information content (AvgIpc) is 3.36. The maximum absolute atomic E-state index is 13.7. The number of aromatic nitrogens is 2. The second kappa shape index (κ2) is 9.71. The molecular weight excluding hydrogens is 456 g/mol. The van der Waals surface area contributed by atoms with Gasteiger partial charge in [-0.1, -0.05) is 13.8 Å². The van der Waals surface area contributed by atoms with E-state index in [9.17, 15) is 14.4 Å². The van der Waals surface area contributed by atoms with Gasteiger partial charge in [0.2, 0.25) is 11.8 Å². The molecule has 8 nitrogen and oxygen atoms in total. The van der Waals surface area contributed by atoms with E-state index >= 15 is 0 Å². The Morgan fingerprint density at radius 3 is 2.33 bits per heavy atom. The molecule has 4 aliphatic carbocycles. The number of ether oxygens (including phenoxy) is 1. The maximum atomic E-state index is 13.7. The van der Waals surface area contributed by atoms with Crippen LogP contribution in [0.3, 0.4) is 0 Å². The van der Waals surface area contributed by atoms with Gasteiger partial charge in [-0.05, 0) is 87.3 Å².